The van der Waals surface area contributed by atoms with E-state index >= 15 is 0 Å². The largest absolute Gasteiger partial charge is 0.472 e. The van der Waals surface area contributed by atoms with Crippen LogP contribution in [0.5, 0.6) is 0 Å². The summed E-state index contributed by atoms with van der Waals surface area (Å²) in [6.45, 7) is 3.82. The van der Waals surface area contributed by atoms with Crippen LogP contribution in [0.4, 0.5) is 0 Å². The monoisotopic (exact) mass is 299 g/mol. The summed E-state index contributed by atoms with van der Waals surface area (Å²) < 4.78 is 11.0. The van der Waals surface area contributed by atoms with Gasteiger partial charge in [-0.2, -0.15) is 0 Å². The fourth-order valence-electron chi connectivity index (χ4n) is 2.57. The van der Waals surface area contributed by atoms with Crippen molar-refractivity contribution < 1.29 is 19.1 Å². The second kappa shape index (κ2) is 6.05. The number of benzene rings is 1. The minimum atomic E-state index is -0.769. The third kappa shape index (κ3) is 2.62. The molecule has 2 fully saturated rings. The quantitative estimate of drug-likeness (QED) is 0.475. The average Bonchev–Trinajstić information content (AvgIpc) is 2.83. The van der Waals surface area contributed by atoms with Crippen LogP contribution in [0.25, 0.3) is 0 Å². The highest BCUT2D eigenvalue weighted by molar-refractivity contribution is 5.91. The zero-order chi connectivity index (χ0) is 15.5. The lowest BCUT2D eigenvalue weighted by Gasteiger charge is -2.33. The Morgan fingerprint density at radius 2 is 2.18 bits per heavy atom. The Morgan fingerprint density at radius 3 is 2.86 bits per heavy atom. The molecule has 0 N–H and O–H groups in total. The van der Waals surface area contributed by atoms with Crippen molar-refractivity contribution in [2.45, 2.75) is 31.7 Å². The van der Waals surface area contributed by atoms with Gasteiger partial charge < -0.3 is 9.47 Å². The first kappa shape index (κ1) is 14.4. The molecular weight excluding hydrogens is 282 g/mol. The van der Waals surface area contributed by atoms with Gasteiger partial charge in [0.2, 0.25) is 5.91 Å². The maximum absolute atomic E-state index is 12.4. The number of hydrogen-bond donors (Lipinski definition) is 0. The Hall–Kier alpha value is -2.56. The van der Waals surface area contributed by atoms with Crippen LogP contribution in [0.3, 0.4) is 0 Å². The number of ether oxygens (including phenoxy) is 2. The van der Waals surface area contributed by atoms with E-state index in [1.54, 1.807) is 12.2 Å². The molecule has 1 amide bonds. The van der Waals surface area contributed by atoms with E-state index in [0.29, 0.717) is 18.6 Å². The number of β-lactam (4-membered cyclic amide) rings is 1. The first-order valence-electron chi connectivity index (χ1n) is 7.20. The minimum absolute atomic E-state index is 0.0892. The van der Waals surface area contributed by atoms with E-state index in [2.05, 4.69) is 6.58 Å². The van der Waals surface area contributed by atoms with Crippen molar-refractivity contribution in [3.8, 4) is 0 Å². The second-order valence-corrected chi connectivity index (χ2v) is 5.20. The first-order valence-corrected chi connectivity index (χ1v) is 7.20. The molecule has 0 spiro atoms. The number of esters is 1. The number of carbonyl (C=O) groups excluding carboxylic acids is 2. The third-order valence-corrected chi connectivity index (χ3v) is 3.70. The molecule has 0 saturated carbocycles. The molecule has 5 nitrogen and oxygen atoms in total. The zero-order valence-corrected chi connectivity index (χ0v) is 12.1. The van der Waals surface area contributed by atoms with Crippen LogP contribution in [0, 0.1) is 0 Å². The third-order valence-electron chi connectivity index (χ3n) is 3.70. The van der Waals surface area contributed by atoms with Crippen LogP contribution in [0.15, 0.2) is 54.8 Å². The SMILES string of the molecule is C=CC/C=C1\O[C@@H]2CC(=O)N2C1C(=O)OCc1ccccc1. The van der Waals surface area contributed by atoms with Gasteiger partial charge in [-0.05, 0) is 18.1 Å². The van der Waals surface area contributed by atoms with Crippen LogP contribution in [-0.2, 0) is 25.7 Å². The predicted molar refractivity (Wildman–Crippen MR) is 79.3 cm³/mol. The summed E-state index contributed by atoms with van der Waals surface area (Å²) in [5.74, 6) is -0.0720. The van der Waals surface area contributed by atoms with Gasteiger partial charge in [0.25, 0.3) is 0 Å². The number of allylic oxidation sites excluding steroid dienone is 2. The van der Waals surface area contributed by atoms with Crippen molar-refractivity contribution >= 4 is 11.9 Å². The van der Waals surface area contributed by atoms with Crippen molar-refractivity contribution in [1.29, 1.82) is 0 Å². The van der Waals surface area contributed by atoms with Gasteiger partial charge in [0.1, 0.15) is 12.4 Å². The van der Waals surface area contributed by atoms with Crippen LogP contribution in [0.2, 0.25) is 0 Å². The first-order chi connectivity index (χ1) is 10.7. The zero-order valence-electron chi connectivity index (χ0n) is 12.1. The van der Waals surface area contributed by atoms with Gasteiger partial charge in [0.05, 0.1) is 6.42 Å². The molecule has 3 rings (SSSR count). The van der Waals surface area contributed by atoms with E-state index in [4.69, 9.17) is 9.47 Å². The Bertz CT molecular complexity index is 623. The number of amides is 1. The topological polar surface area (TPSA) is 55.8 Å². The maximum atomic E-state index is 12.4. The van der Waals surface area contributed by atoms with Gasteiger partial charge in [-0.25, -0.2) is 4.79 Å². The molecule has 1 unspecified atom stereocenters. The molecule has 22 heavy (non-hydrogen) atoms. The molecule has 2 heterocycles. The van der Waals surface area contributed by atoms with Crippen LogP contribution in [-0.4, -0.2) is 29.0 Å². The molecule has 0 aliphatic carbocycles. The van der Waals surface area contributed by atoms with Crippen molar-refractivity contribution in [2.24, 2.45) is 0 Å². The highest BCUT2D eigenvalue weighted by Gasteiger charge is 2.54. The fourth-order valence-corrected chi connectivity index (χ4v) is 2.57. The molecule has 2 aliphatic heterocycles. The van der Waals surface area contributed by atoms with Gasteiger partial charge in [0, 0.05) is 0 Å². The van der Waals surface area contributed by atoms with Crippen molar-refractivity contribution in [3.05, 3.63) is 60.4 Å². The summed E-state index contributed by atoms with van der Waals surface area (Å²) >= 11 is 0. The number of nitrogens with zero attached hydrogens (tertiary/aromatic N) is 1. The Labute approximate surface area is 128 Å². The van der Waals surface area contributed by atoms with E-state index in [9.17, 15) is 9.59 Å². The molecule has 0 bridgehead atoms. The fraction of sp³-hybridized carbons (Fsp3) is 0.294. The summed E-state index contributed by atoms with van der Waals surface area (Å²) in [5, 5.41) is 0. The van der Waals surface area contributed by atoms with Crippen LogP contribution >= 0.6 is 0 Å². The molecule has 0 aromatic heterocycles. The van der Waals surface area contributed by atoms with Crippen molar-refractivity contribution in [2.75, 3.05) is 0 Å². The average molecular weight is 299 g/mol. The van der Waals surface area contributed by atoms with E-state index in [1.165, 1.54) is 4.90 Å². The lowest BCUT2D eigenvalue weighted by molar-refractivity contribution is -0.166. The van der Waals surface area contributed by atoms with Gasteiger partial charge in [0.15, 0.2) is 12.3 Å². The molecule has 114 valence electrons. The van der Waals surface area contributed by atoms with Crippen molar-refractivity contribution in [1.82, 2.24) is 4.90 Å². The lowest BCUT2D eigenvalue weighted by Crippen LogP contribution is -2.55. The normalized spacial score (nSPS) is 24.5. The molecule has 1 aromatic rings. The lowest BCUT2D eigenvalue weighted by atomic mass is 10.1. The van der Waals surface area contributed by atoms with Crippen LogP contribution in [0.1, 0.15) is 18.4 Å². The van der Waals surface area contributed by atoms with E-state index < -0.39 is 12.0 Å². The van der Waals surface area contributed by atoms with E-state index in [1.807, 2.05) is 30.3 Å². The Balaban J connectivity index is 1.70. The predicted octanol–water partition coefficient (Wildman–Crippen LogP) is 2.15. The number of rotatable bonds is 5. The molecule has 5 heteroatoms. The minimum Gasteiger partial charge on any atom is -0.472 e. The highest BCUT2D eigenvalue weighted by atomic mass is 16.6. The molecular formula is C17H17NO4. The van der Waals surface area contributed by atoms with Gasteiger partial charge in [-0.1, -0.05) is 36.4 Å². The summed E-state index contributed by atoms with van der Waals surface area (Å²) in [7, 11) is 0. The Morgan fingerprint density at radius 1 is 1.41 bits per heavy atom. The number of carbonyl (C=O) groups is 2. The maximum Gasteiger partial charge on any atom is 0.337 e. The van der Waals surface area contributed by atoms with Crippen LogP contribution < -0.4 is 0 Å². The molecule has 1 aromatic carbocycles. The second-order valence-electron chi connectivity index (χ2n) is 5.20. The van der Waals surface area contributed by atoms with Crippen molar-refractivity contribution in [3.63, 3.8) is 0 Å². The van der Waals surface area contributed by atoms with E-state index in [-0.39, 0.29) is 18.7 Å². The summed E-state index contributed by atoms with van der Waals surface area (Å²) in [6, 6.07) is 8.65. The van der Waals surface area contributed by atoms with E-state index in [0.717, 1.165) is 5.56 Å². The summed E-state index contributed by atoms with van der Waals surface area (Å²) in [4.78, 5) is 25.5. The molecule has 2 atom stereocenters. The standard InChI is InChI=1S/C17H17NO4/c1-2-3-9-13-16(18-14(19)10-15(18)22-13)17(20)21-11-12-7-5-4-6-8-12/h2,4-9,15-16H,1,3,10-11H2/b13-9-/t15-,16?/m1/s1. The van der Waals surface area contributed by atoms with Gasteiger partial charge in [-0.15, -0.1) is 6.58 Å². The highest BCUT2D eigenvalue weighted by Crippen LogP contribution is 2.37. The Kier molecular flexibility index (Phi) is 3.96. The summed E-state index contributed by atoms with van der Waals surface area (Å²) in [6.07, 6.45) is 4.03. The molecule has 0 radical (unpaired) electrons. The van der Waals surface area contributed by atoms with Gasteiger partial charge >= 0.3 is 5.97 Å². The molecule has 2 aliphatic rings. The molecule has 2 saturated heterocycles. The smallest absolute Gasteiger partial charge is 0.337 e. The number of hydrogen-bond acceptors (Lipinski definition) is 4. The number of fused-ring (bicyclic) bond motifs is 1. The summed E-state index contributed by atoms with van der Waals surface area (Å²) in [5.41, 5.74) is 0.901. The van der Waals surface area contributed by atoms with Gasteiger partial charge in [-0.3, -0.25) is 9.69 Å².